The number of carboxylic acid groups (broad SMARTS) is 1. The standard InChI is InChI=1S/C16H19N3O4S2/c1-3-17-6-9-10(4-5-18(9)7-17)24-16-12(15(22)23)19-13(21)11(8(2)20)14(19)25-16/h6-8,10-11,14,20H,3-5H2,1-2H3/t8-,10-,11+,14-/m1/s1. The molecule has 7 nitrogen and oxygen atoms in total. The van der Waals surface area contributed by atoms with Crippen LogP contribution >= 0.6 is 23.5 Å². The zero-order chi connectivity index (χ0) is 17.9. The highest BCUT2D eigenvalue weighted by Crippen LogP contribution is 2.57. The normalized spacial score (nSPS) is 28.8. The molecule has 0 saturated carbocycles. The van der Waals surface area contributed by atoms with Crippen LogP contribution < -0.4 is 9.67 Å². The zero-order valence-corrected chi connectivity index (χ0v) is 15.5. The van der Waals surface area contributed by atoms with Crippen LogP contribution in [-0.2, 0) is 22.7 Å². The summed E-state index contributed by atoms with van der Waals surface area (Å²) < 4.78 is 4.92. The van der Waals surface area contributed by atoms with Crippen molar-refractivity contribution in [2.75, 3.05) is 0 Å². The number of carboxylic acids is 1. The summed E-state index contributed by atoms with van der Waals surface area (Å²) in [6.07, 6.45) is 4.31. The highest BCUT2D eigenvalue weighted by molar-refractivity contribution is 8.22. The molecule has 134 valence electrons. The molecule has 3 aliphatic heterocycles. The van der Waals surface area contributed by atoms with Crippen LogP contribution in [0.25, 0.3) is 0 Å². The number of carbonyl (C=O) groups excluding carboxylic acids is 2. The molecule has 0 spiro atoms. The number of aromatic nitrogens is 2. The van der Waals surface area contributed by atoms with E-state index in [4.69, 9.17) is 0 Å². The smallest absolute Gasteiger partial charge is 0.244 e. The summed E-state index contributed by atoms with van der Waals surface area (Å²) in [5.41, 5.74) is 1.14. The number of rotatable bonds is 5. The molecule has 9 heteroatoms. The van der Waals surface area contributed by atoms with E-state index in [-0.39, 0.29) is 22.2 Å². The van der Waals surface area contributed by atoms with E-state index in [9.17, 15) is 19.8 Å². The van der Waals surface area contributed by atoms with Crippen molar-refractivity contribution in [3.8, 4) is 0 Å². The summed E-state index contributed by atoms with van der Waals surface area (Å²) in [7, 11) is 0. The second-order valence-corrected chi connectivity index (χ2v) is 9.09. The number of aliphatic hydroxyl groups is 1. The van der Waals surface area contributed by atoms with Crippen molar-refractivity contribution >= 4 is 35.4 Å². The number of aryl methyl sites for hydroxylation is 2. The van der Waals surface area contributed by atoms with Gasteiger partial charge in [0.15, 0.2) is 5.69 Å². The number of fused-ring (bicyclic) bond motifs is 2. The van der Waals surface area contributed by atoms with Gasteiger partial charge in [-0.1, -0.05) is 11.8 Å². The first-order chi connectivity index (χ1) is 11.9. The van der Waals surface area contributed by atoms with Crippen LogP contribution in [0.5, 0.6) is 0 Å². The predicted molar refractivity (Wildman–Crippen MR) is 90.7 cm³/mol. The van der Waals surface area contributed by atoms with Gasteiger partial charge < -0.3 is 15.0 Å². The second-order valence-electron chi connectivity index (χ2n) is 6.50. The van der Waals surface area contributed by atoms with E-state index < -0.39 is 18.0 Å². The number of nitrogens with zero attached hydrogens (tertiary/aromatic N) is 3. The fourth-order valence-corrected chi connectivity index (χ4v) is 6.90. The summed E-state index contributed by atoms with van der Waals surface area (Å²) in [5, 5.41) is 21.2. The van der Waals surface area contributed by atoms with Gasteiger partial charge in [0.1, 0.15) is 11.6 Å². The summed E-state index contributed by atoms with van der Waals surface area (Å²) >= 11 is 2.86. The lowest BCUT2D eigenvalue weighted by Crippen LogP contribution is -2.61. The highest BCUT2D eigenvalue weighted by atomic mass is 32.2. The maximum Gasteiger partial charge on any atom is 0.244 e. The Morgan fingerprint density at radius 1 is 1.60 bits per heavy atom. The van der Waals surface area contributed by atoms with Gasteiger partial charge in [0.25, 0.3) is 0 Å². The average Bonchev–Trinajstić information content (AvgIpc) is 3.19. The van der Waals surface area contributed by atoms with Gasteiger partial charge in [0, 0.05) is 6.42 Å². The van der Waals surface area contributed by atoms with E-state index in [2.05, 4.69) is 28.6 Å². The minimum Gasteiger partial charge on any atom is -0.543 e. The highest BCUT2D eigenvalue weighted by Gasteiger charge is 2.56. The van der Waals surface area contributed by atoms with Crippen LogP contribution in [0.4, 0.5) is 0 Å². The molecule has 25 heavy (non-hydrogen) atoms. The van der Waals surface area contributed by atoms with Crippen molar-refractivity contribution in [1.29, 1.82) is 0 Å². The third kappa shape index (κ3) is 2.51. The Balaban J connectivity index is 1.60. The van der Waals surface area contributed by atoms with Gasteiger partial charge in [-0.15, -0.1) is 11.8 Å². The molecular weight excluding hydrogens is 362 g/mol. The Hall–Kier alpha value is -1.45. The van der Waals surface area contributed by atoms with E-state index in [0.29, 0.717) is 4.24 Å². The zero-order valence-electron chi connectivity index (χ0n) is 13.9. The predicted octanol–water partition coefficient (Wildman–Crippen LogP) is -0.195. The molecule has 1 aromatic rings. The molecule has 4 rings (SSSR count). The van der Waals surface area contributed by atoms with Crippen molar-refractivity contribution in [1.82, 2.24) is 9.47 Å². The number of carbonyl (C=O) groups is 2. The SMILES string of the molecule is CC[n+]1cc2n(c1)CC[C@H]2SC1=C(C(=O)[O-])N2C(=O)[C@H]([C@@H](C)O)[C@H]2S1. The van der Waals surface area contributed by atoms with E-state index in [1.165, 1.54) is 34.1 Å². The largest absolute Gasteiger partial charge is 0.543 e. The second kappa shape index (κ2) is 6.07. The topological polar surface area (TPSA) is 89.5 Å². The molecular formula is C16H19N3O4S2. The number of imidazole rings is 1. The Bertz CT molecular complexity index is 788. The molecule has 0 unspecified atom stereocenters. The molecule has 1 aromatic heterocycles. The molecule has 4 atom stereocenters. The van der Waals surface area contributed by atoms with Crippen LogP contribution in [-0.4, -0.2) is 37.9 Å². The van der Waals surface area contributed by atoms with E-state index in [1.807, 2.05) is 0 Å². The lowest BCUT2D eigenvalue weighted by molar-refractivity contribution is -0.693. The van der Waals surface area contributed by atoms with Gasteiger partial charge in [0.05, 0.1) is 46.3 Å². The molecule has 0 radical (unpaired) electrons. The lowest BCUT2D eigenvalue weighted by atomic mass is 9.92. The molecule has 0 aromatic carbocycles. The number of β-lactam (4-membered cyclic amide) rings is 1. The maximum atomic E-state index is 12.2. The summed E-state index contributed by atoms with van der Waals surface area (Å²) in [5.74, 6) is -2.21. The Kier molecular flexibility index (Phi) is 4.12. The number of thioether (sulfide) groups is 2. The molecule has 1 N–H and O–H groups in total. The van der Waals surface area contributed by atoms with Crippen LogP contribution in [0.15, 0.2) is 22.5 Å². The van der Waals surface area contributed by atoms with Crippen molar-refractivity contribution in [2.45, 2.75) is 50.1 Å². The quantitative estimate of drug-likeness (QED) is 0.562. The van der Waals surface area contributed by atoms with Crippen molar-refractivity contribution in [3.05, 3.63) is 28.2 Å². The Morgan fingerprint density at radius 3 is 3.00 bits per heavy atom. The Morgan fingerprint density at radius 2 is 2.36 bits per heavy atom. The van der Waals surface area contributed by atoms with E-state index >= 15 is 0 Å². The summed E-state index contributed by atoms with van der Waals surface area (Å²) in [6.45, 7) is 5.44. The van der Waals surface area contributed by atoms with Crippen molar-refractivity contribution in [3.63, 3.8) is 0 Å². The fourth-order valence-electron chi connectivity index (χ4n) is 3.63. The lowest BCUT2D eigenvalue weighted by Gasteiger charge is -2.44. The third-order valence-electron chi connectivity index (χ3n) is 4.95. The van der Waals surface area contributed by atoms with Crippen LogP contribution in [0.2, 0.25) is 0 Å². The van der Waals surface area contributed by atoms with E-state index in [0.717, 1.165) is 19.5 Å². The fraction of sp³-hybridized carbons (Fsp3) is 0.562. The minimum absolute atomic E-state index is 0.0322. The van der Waals surface area contributed by atoms with Gasteiger partial charge in [-0.2, -0.15) is 0 Å². The first kappa shape index (κ1) is 17.0. The van der Waals surface area contributed by atoms with E-state index in [1.54, 1.807) is 6.92 Å². The number of amides is 1. The molecule has 4 heterocycles. The number of aliphatic carboxylic acids is 1. The van der Waals surface area contributed by atoms with Gasteiger partial charge in [0.2, 0.25) is 12.2 Å². The monoisotopic (exact) mass is 381 g/mol. The van der Waals surface area contributed by atoms with Gasteiger partial charge in [-0.05, 0) is 13.8 Å². The molecule has 0 bridgehead atoms. The molecule has 3 aliphatic rings. The van der Waals surface area contributed by atoms with Crippen LogP contribution in [0.1, 0.15) is 31.2 Å². The van der Waals surface area contributed by atoms with Gasteiger partial charge in [-0.3, -0.25) is 9.69 Å². The first-order valence-electron chi connectivity index (χ1n) is 8.31. The summed E-state index contributed by atoms with van der Waals surface area (Å²) in [4.78, 5) is 25.1. The number of hydrogen-bond donors (Lipinski definition) is 1. The Labute approximate surface area is 153 Å². The average molecular weight is 381 g/mol. The minimum atomic E-state index is -1.33. The van der Waals surface area contributed by atoms with Crippen LogP contribution in [0.3, 0.4) is 0 Å². The van der Waals surface area contributed by atoms with Gasteiger partial charge in [-0.25, -0.2) is 9.13 Å². The van der Waals surface area contributed by atoms with Crippen molar-refractivity contribution < 1.29 is 24.4 Å². The maximum absolute atomic E-state index is 12.2. The summed E-state index contributed by atoms with van der Waals surface area (Å²) in [6, 6.07) is 0. The number of aliphatic hydroxyl groups excluding tert-OH is 1. The number of hydrogen-bond acceptors (Lipinski definition) is 6. The van der Waals surface area contributed by atoms with Crippen molar-refractivity contribution in [2.24, 2.45) is 5.92 Å². The molecule has 0 aliphatic carbocycles. The van der Waals surface area contributed by atoms with Crippen LogP contribution in [0, 0.1) is 5.92 Å². The third-order valence-corrected chi connectivity index (χ3v) is 7.85. The first-order valence-corrected chi connectivity index (χ1v) is 10.1. The van der Waals surface area contributed by atoms with Gasteiger partial charge >= 0.3 is 0 Å². The molecule has 1 fully saturated rings. The molecule has 1 amide bonds. The molecule has 1 saturated heterocycles.